The van der Waals surface area contributed by atoms with E-state index in [1.54, 1.807) is 24.3 Å². The van der Waals surface area contributed by atoms with Gasteiger partial charge >= 0.3 is 0 Å². The Hall–Kier alpha value is -5.00. The summed E-state index contributed by atoms with van der Waals surface area (Å²) in [6, 6.07) is 13.9. The molecule has 0 spiro atoms. The van der Waals surface area contributed by atoms with Gasteiger partial charge in [-0.1, -0.05) is 35.4 Å². The Morgan fingerprint density at radius 1 is 0.686 bits per heavy atom. The van der Waals surface area contributed by atoms with Crippen molar-refractivity contribution in [3.05, 3.63) is 113 Å². The number of thioether (sulfide) groups is 1. The number of benzene rings is 3. The Morgan fingerprint density at radius 3 is 1.77 bits per heavy atom. The second kappa shape index (κ2) is 10.7. The van der Waals surface area contributed by atoms with E-state index >= 15 is 0 Å². The van der Waals surface area contributed by atoms with Crippen LogP contribution in [0.1, 0.15) is 29.2 Å². The van der Waals surface area contributed by atoms with Crippen LogP contribution in [0.4, 0.5) is 17.1 Å². The molecule has 0 atom stereocenters. The van der Waals surface area contributed by atoms with Gasteiger partial charge in [0.2, 0.25) is 0 Å². The number of non-ortho nitro benzene ring substituents is 2. The highest BCUT2D eigenvalue weighted by atomic mass is 32.2. The lowest BCUT2D eigenvalue weighted by atomic mass is 10.1. The van der Waals surface area contributed by atoms with Gasteiger partial charge in [0.1, 0.15) is 5.56 Å². The van der Waals surface area contributed by atoms with Crippen LogP contribution >= 0.6 is 11.8 Å². The van der Waals surface area contributed by atoms with Crippen LogP contribution in [0.5, 0.6) is 0 Å². The first-order valence-electron chi connectivity index (χ1n) is 9.67. The van der Waals surface area contributed by atoms with Crippen LogP contribution in [-0.4, -0.2) is 19.9 Å². The Balaban J connectivity index is 1.91. The van der Waals surface area contributed by atoms with Gasteiger partial charge in [0.05, 0.1) is 20.8 Å². The van der Waals surface area contributed by atoms with E-state index in [9.17, 15) is 35.1 Å². The SMILES string of the molecule is CC(=O)Sc1ccc(C#Cc2ccc(C#Cc3cc([N+](=O)[O-])cc([N+](=O)[O-])c3)cc2[N+](=O)[O-])cc1. The molecule has 10 nitrogen and oxygen atoms in total. The van der Waals surface area contributed by atoms with Crippen molar-refractivity contribution in [2.24, 2.45) is 0 Å². The van der Waals surface area contributed by atoms with Crippen molar-refractivity contribution in [3.8, 4) is 23.7 Å². The predicted molar refractivity (Wildman–Crippen MR) is 128 cm³/mol. The lowest BCUT2D eigenvalue weighted by Crippen LogP contribution is -1.94. The summed E-state index contributed by atoms with van der Waals surface area (Å²) in [6.45, 7) is 1.46. The first kappa shape index (κ1) is 24.6. The van der Waals surface area contributed by atoms with Crippen molar-refractivity contribution in [2.75, 3.05) is 0 Å². The molecule has 0 aliphatic heterocycles. The molecule has 3 aromatic rings. The monoisotopic (exact) mass is 487 g/mol. The largest absolute Gasteiger partial charge is 0.287 e. The van der Waals surface area contributed by atoms with Gasteiger partial charge in [-0.15, -0.1) is 0 Å². The second-order valence-electron chi connectivity index (χ2n) is 6.86. The molecule has 0 saturated heterocycles. The minimum atomic E-state index is -0.772. The molecule has 0 bridgehead atoms. The highest BCUT2D eigenvalue weighted by molar-refractivity contribution is 8.13. The summed E-state index contributed by atoms with van der Waals surface area (Å²) in [5.41, 5.74) is -0.290. The number of nitrogens with zero attached hydrogens (tertiary/aromatic N) is 3. The molecule has 3 aromatic carbocycles. The molecule has 0 unspecified atom stereocenters. The minimum absolute atomic E-state index is 0.0174. The van der Waals surface area contributed by atoms with Crippen molar-refractivity contribution >= 4 is 33.9 Å². The third-order valence-corrected chi connectivity index (χ3v) is 5.12. The maximum absolute atomic E-state index is 11.6. The van der Waals surface area contributed by atoms with E-state index < -0.39 is 26.1 Å². The van der Waals surface area contributed by atoms with Crippen molar-refractivity contribution in [3.63, 3.8) is 0 Å². The Morgan fingerprint density at radius 2 is 1.23 bits per heavy atom. The van der Waals surface area contributed by atoms with E-state index in [2.05, 4.69) is 23.7 Å². The number of nitro benzene ring substituents is 3. The van der Waals surface area contributed by atoms with Gasteiger partial charge < -0.3 is 0 Å². The minimum Gasteiger partial charge on any atom is -0.287 e. The first-order valence-corrected chi connectivity index (χ1v) is 10.5. The molecule has 0 heterocycles. The number of carbonyl (C=O) groups excluding carboxylic acids is 1. The Labute approximate surface area is 202 Å². The standard InChI is InChI=1S/C24H13N3O7S/c1-16(28)35-23-10-6-17(7-11-23)4-8-20-9-5-18(14-24(20)27(33)34)2-3-19-12-21(25(29)30)15-22(13-19)26(31)32/h5-7,9-15H,1H3. The lowest BCUT2D eigenvalue weighted by molar-refractivity contribution is -0.394. The quantitative estimate of drug-likeness (QED) is 0.220. The van der Waals surface area contributed by atoms with Crippen molar-refractivity contribution < 1.29 is 19.6 Å². The fourth-order valence-electron chi connectivity index (χ4n) is 2.80. The topological polar surface area (TPSA) is 146 Å². The van der Waals surface area contributed by atoms with Crippen LogP contribution in [0, 0.1) is 54.0 Å². The number of hydrogen-bond donors (Lipinski definition) is 0. The summed E-state index contributed by atoms with van der Waals surface area (Å²) < 4.78 is 0. The molecule has 11 heteroatoms. The van der Waals surface area contributed by atoms with Crippen LogP contribution in [0.3, 0.4) is 0 Å². The fraction of sp³-hybridized carbons (Fsp3) is 0.0417. The maximum Gasteiger partial charge on any atom is 0.286 e. The lowest BCUT2D eigenvalue weighted by Gasteiger charge is -1.98. The van der Waals surface area contributed by atoms with Crippen molar-refractivity contribution in [1.82, 2.24) is 0 Å². The summed E-state index contributed by atoms with van der Waals surface area (Å²) in [4.78, 5) is 43.3. The molecule has 0 fully saturated rings. The van der Waals surface area contributed by atoms with Gasteiger partial charge in [0.25, 0.3) is 17.1 Å². The molecule has 3 rings (SSSR count). The number of carbonyl (C=O) groups is 1. The third kappa shape index (κ3) is 6.74. The van der Waals surface area contributed by atoms with Crippen LogP contribution in [-0.2, 0) is 4.79 Å². The molecule has 0 aromatic heterocycles. The van der Waals surface area contributed by atoms with Crippen molar-refractivity contribution in [2.45, 2.75) is 11.8 Å². The van der Waals surface area contributed by atoms with E-state index in [1.807, 2.05) is 0 Å². The van der Waals surface area contributed by atoms with E-state index in [-0.39, 0.29) is 27.5 Å². The highest BCUT2D eigenvalue weighted by Crippen LogP contribution is 2.23. The van der Waals surface area contributed by atoms with Crippen LogP contribution in [0.15, 0.2) is 65.6 Å². The summed E-state index contributed by atoms with van der Waals surface area (Å²) in [6.07, 6.45) is 0. The molecule has 0 aliphatic carbocycles. The first-order chi connectivity index (χ1) is 16.6. The molecule has 0 aliphatic rings. The molecular formula is C24H13N3O7S. The predicted octanol–water partition coefficient (Wildman–Crippen LogP) is 4.85. The maximum atomic E-state index is 11.6. The third-order valence-electron chi connectivity index (χ3n) is 4.33. The van der Waals surface area contributed by atoms with Crippen LogP contribution in [0.25, 0.3) is 0 Å². The smallest absolute Gasteiger partial charge is 0.286 e. The zero-order valence-electron chi connectivity index (χ0n) is 17.9. The van der Waals surface area contributed by atoms with E-state index in [0.717, 1.165) is 34.9 Å². The average molecular weight is 487 g/mol. The van der Waals surface area contributed by atoms with Gasteiger partial charge in [0, 0.05) is 46.7 Å². The molecule has 0 saturated carbocycles. The highest BCUT2D eigenvalue weighted by Gasteiger charge is 2.16. The fourth-order valence-corrected chi connectivity index (χ4v) is 3.40. The molecule has 35 heavy (non-hydrogen) atoms. The molecular weight excluding hydrogens is 474 g/mol. The second-order valence-corrected chi connectivity index (χ2v) is 8.11. The average Bonchev–Trinajstić information content (AvgIpc) is 2.81. The van der Waals surface area contributed by atoms with E-state index in [4.69, 9.17) is 0 Å². The number of hydrogen-bond acceptors (Lipinski definition) is 8. The molecule has 0 radical (unpaired) electrons. The van der Waals surface area contributed by atoms with Gasteiger partial charge in [-0.05, 0) is 36.4 Å². The summed E-state index contributed by atoms with van der Waals surface area (Å²) in [5, 5.41) is 33.5. The zero-order valence-corrected chi connectivity index (χ0v) is 18.7. The van der Waals surface area contributed by atoms with E-state index in [1.165, 1.54) is 25.1 Å². The van der Waals surface area contributed by atoms with Crippen LogP contribution in [0.2, 0.25) is 0 Å². The van der Waals surface area contributed by atoms with Gasteiger partial charge in [-0.25, -0.2) is 0 Å². The molecule has 0 N–H and O–H groups in total. The zero-order chi connectivity index (χ0) is 25.5. The summed E-state index contributed by atoms with van der Waals surface area (Å²) in [7, 11) is 0. The molecule has 0 amide bonds. The Bertz CT molecular complexity index is 1460. The summed E-state index contributed by atoms with van der Waals surface area (Å²) in [5.74, 6) is 10.8. The Kier molecular flexibility index (Phi) is 7.56. The van der Waals surface area contributed by atoms with Gasteiger partial charge in [-0.2, -0.15) is 0 Å². The molecule has 172 valence electrons. The number of nitro groups is 3. The normalized spacial score (nSPS) is 9.74. The summed E-state index contributed by atoms with van der Waals surface area (Å²) >= 11 is 1.08. The van der Waals surface area contributed by atoms with Gasteiger partial charge in [0.15, 0.2) is 5.12 Å². The van der Waals surface area contributed by atoms with Crippen molar-refractivity contribution in [1.29, 1.82) is 0 Å². The van der Waals surface area contributed by atoms with E-state index in [0.29, 0.717) is 5.56 Å². The van der Waals surface area contributed by atoms with Crippen LogP contribution < -0.4 is 0 Å². The van der Waals surface area contributed by atoms with Gasteiger partial charge in [-0.3, -0.25) is 35.1 Å². The number of rotatable bonds is 4.